The molecule has 1 aromatic rings. The van der Waals surface area contributed by atoms with Crippen molar-refractivity contribution in [1.29, 1.82) is 0 Å². The van der Waals surface area contributed by atoms with Crippen LogP contribution in [0.15, 0.2) is 24.3 Å². The van der Waals surface area contributed by atoms with E-state index in [-0.39, 0.29) is 6.42 Å². The van der Waals surface area contributed by atoms with Gasteiger partial charge in [0.25, 0.3) is 0 Å². The number of rotatable bonds is 1. The third kappa shape index (κ3) is 1.14. The molecule has 1 N–H and O–H groups in total. The van der Waals surface area contributed by atoms with E-state index in [0.717, 1.165) is 5.56 Å². The molecule has 2 rings (SSSR count). The Hall–Kier alpha value is -1.58. The van der Waals surface area contributed by atoms with Gasteiger partial charge in [0.05, 0.1) is 5.69 Å². The van der Waals surface area contributed by atoms with E-state index in [0.29, 0.717) is 10.8 Å². The Balaban J connectivity index is 2.38. The molecule has 0 saturated carbocycles. The molecule has 3 nitrogen and oxygen atoms in total. The van der Waals surface area contributed by atoms with E-state index in [9.17, 15) is 9.28 Å². The van der Waals surface area contributed by atoms with Crippen molar-refractivity contribution in [2.24, 2.45) is 0 Å². The highest BCUT2D eigenvalue weighted by Crippen LogP contribution is 2.31. The summed E-state index contributed by atoms with van der Waals surface area (Å²) in [5.41, 5.74) is 1.12. The van der Waals surface area contributed by atoms with E-state index in [1.165, 1.54) is 0 Å². The van der Waals surface area contributed by atoms with Crippen LogP contribution in [0.1, 0.15) is 5.56 Å². The van der Waals surface area contributed by atoms with Crippen molar-refractivity contribution in [3.63, 3.8) is 0 Å². The lowest BCUT2D eigenvalue weighted by molar-refractivity contribution is -0.139. The fourth-order valence-electron chi connectivity index (χ4n) is 1.53. The summed E-state index contributed by atoms with van der Waals surface area (Å²) in [5.74, 6) is -1.13. The second-order valence-corrected chi connectivity index (χ2v) is 3.00. The van der Waals surface area contributed by atoms with Crippen molar-refractivity contribution >= 4 is 11.7 Å². The summed E-state index contributed by atoms with van der Waals surface area (Å²) < 4.78 is 13.3. The summed E-state index contributed by atoms with van der Waals surface area (Å²) in [6.07, 6.45) is 0.238. The number of para-hydroxylation sites is 1. The van der Waals surface area contributed by atoms with Gasteiger partial charge in [-0.05, 0) is 11.6 Å². The van der Waals surface area contributed by atoms with Gasteiger partial charge in [-0.25, -0.2) is 4.79 Å². The van der Waals surface area contributed by atoms with Gasteiger partial charge in [0.15, 0.2) is 6.04 Å². The molecule has 13 heavy (non-hydrogen) atoms. The molecule has 0 bridgehead atoms. The van der Waals surface area contributed by atoms with Gasteiger partial charge in [0, 0.05) is 6.42 Å². The van der Waals surface area contributed by atoms with Gasteiger partial charge in [0.1, 0.15) is 0 Å². The van der Waals surface area contributed by atoms with Crippen molar-refractivity contribution in [3.8, 4) is 0 Å². The molecule has 0 radical (unpaired) electrons. The van der Waals surface area contributed by atoms with E-state index < -0.39 is 12.0 Å². The number of halogens is 1. The quantitative estimate of drug-likeness (QED) is 0.665. The molecule has 1 heterocycles. The number of aliphatic carboxylic acids is 1. The van der Waals surface area contributed by atoms with Crippen LogP contribution in [0.4, 0.5) is 10.2 Å². The molecule has 0 aromatic heterocycles. The average Bonchev–Trinajstić information content (AvgIpc) is 2.45. The molecule has 1 unspecified atom stereocenters. The van der Waals surface area contributed by atoms with Crippen LogP contribution in [0.25, 0.3) is 0 Å². The fraction of sp³-hybridized carbons (Fsp3) is 0.222. The topological polar surface area (TPSA) is 40.5 Å². The summed E-state index contributed by atoms with van der Waals surface area (Å²) in [7, 11) is 0. The molecular weight excluding hydrogens is 173 g/mol. The first-order chi connectivity index (χ1) is 6.20. The van der Waals surface area contributed by atoms with Crippen molar-refractivity contribution in [3.05, 3.63) is 29.8 Å². The first kappa shape index (κ1) is 8.04. The van der Waals surface area contributed by atoms with Gasteiger partial charge in [-0.15, -0.1) is 0 Å². The average molecular weight is 181 g/mol. The zero-order valence-corrected chi connectivity index (χ0v) is 6.77. The van der Waals surface area contributed by atoms with Gasteiger partial charge < -0.3 is 5.11 Å². The zero-order valence-electron chi connectivity index (χ0n) is 6.77. The highest BCUT2D eigenvalue weighted by Gasteiger charge is 2.34. The molecule has 0 saturated heterocycles. The van der Waals surface area contributed by atoms with Gasteiger partial charge in [-0.3, -0.25) is 0 Å². The monoisotopic (exact) mass is 181 g/mol. The van der Waals surface area contributed by atoms with Crippen molar-refractivity contribution < 1.29 is 14.4 Å². The Morgan fingerprint density at radius 3 is 2.85 bits per heavy atom. The Kier molecular flexibility index (Phi) is 1.69. The summed E-state index contributed by atoms with van der Waals surface area (Å²) in [5, 5.41) is 8.99. The van der Waals surface area contributed by atoms with Gasteiger partial charge in [0.2, 0.25) is 0 Å². The molecule has 1 atom stereocenters. The van der Waals surface area contributed by atoms with E-state index >= 15 is 0 Å². The molecule has 0 aliphatic carbocycles. The molecule has 1 aliphatic rings. The third-order valence-electron chi connectivity index (χ3n) is 2.19. The third-order valence-corrected chi connectivity index (χ3v) is 2.19. The number of nitrogens with zero attached hydrogens (tertiary/aromatic N) is 1. The van der Waals surface area contributed by atoms with E-state index in [1.54, 1.807) is 24.3 Å². The lowest BCUT2D eigenvalue weighted by atomic mass is 10.1. The fourth-order valence-corrected chi connectivity index (χ4v) is 1.53. The number of hydrogen-bond acceptors (Lipinski definition) is 2. The molecule has 1 aromatic carbocycles. The van der Waals surface area contributed by atoms with Crippen molar-refractivity contribution in [1.82, 2.24) is 0 Å². The summed E-state index contributed by atoms with van der Waals surface area (Å²) in [6.45, 7) is 0. The smallest absolute Gasteiger partial charge is 0.329 e. The maximum Gasteiger partial charge on any atom is 0.329 e. The molecule has 1 aliphatic heterocycles. The second-order valence-electron chi connectivity index (χ2n) is 3.00. The van der Waals surface area contributed by atoms with Crippen LogP contribution in [0.2, 0.25) is 0 Å². The van der Waals surface area contributed by atoms with Crippen LogP contribution in [-0.4, -0.2) is 17.1 Å². The van der Waals surface area contributed by atoms with E-state index in [1.807, 2.05) is 0 Å². The lowest BCUT2D eigenvalue weighted by Crippen LogP contribution is -2.32. The Morgan fingerprint density at radius 2 is 2.23 bits per heavy atom. The molecule has 0 fully saturated rings. The number of benzene rings is 1. The normalized spacial score (nSPS) is 20.1. The summed E-state index contributed by atoms with van der Waals surface area (Å²) in [4.78, 5) is 10.6. The molecule has 4 heteroatoms. The predicted molar refractivity (Wildman–Crippen MR) is 45.2 cm³/mol. The van der Waals surface area contributed by atoms with E-state index in [2.05, 4.69) is 0 Å². The Bertz CT molecular complexity index is 353. The maximum absolute atomic E-state index is 13.3. The van der Waals surface area contributed by atoms with Crippen molar-refractivity contribution in [2.75, 3.05) is 5.12 Å². The van der Waals surface area contributed by atoms with Crippen LogP contribution < -0.4 is 5.12 Å². The van der Waals surface area contributed by atoms with E-state index in [4.69, 9.17) is 5.11 Å². The second kappa shape index (κ2) is 2.73. The first-order valence-corrected chi connectivity index (χ1v) is 3.96. The van der Waals surface area contributed by atoms with Gasteiger partial charge in [-0.2, -0.15) is 5.12 Å². The molecule has 0 amide bonds. The van der Waals surface area contributed by atoms with Crippen LogP contribution in [-0.2, 0) is 11.2 Å². The first-order valence-electron chi connectivity index (χ1n) is 3.96. The summed E-state index contributed by atoms with van der Waals surface area (Å²) >= 11 is 0. The lowest BCUT2D eigenvalue weighted by Gasteiger charge is -2.11. The largest absolute Gasteiger partial charge is 0.480 e. The minimum absolute atomic E-state index is 0.238. The van der Waals surface area contributed by atoms with Gasteiger partial charge in [-0.1, -0.05) is 22.7 Å². The minimum atomic E-state index is -1.13. The highest BCUT2D eigenvalue weighted by molar-refractivity contribution is 5.81. The highest BCUT2D eigenvalue weighted by atomic mass is 19.2. The van der Waals surface area contributed by atoms with Crippen LogP contribution in [0.3, 0.4) is 0 Å². The number of fused-ring (bicyclic) bond motifs is 1. The minimum Gasteiger partial charge on any atom is -0.480 e. The SMILES string of the molecule is O=C(O)C1Cc2ccccc2N1F. The zero-order chi connectivity index (χ0) is 9.42. The number of carboxylic acid groups (broad SMARTS) is 1. The molecule has 68 valence electrons. The summed E-state index contributed by atoms with van der Waals surface area (Å²) in [6, 6.07) is 5.73. The van der Waals surface area contributed by atoms with Crippen LogP contribution in [0, 0.1) is 0 Å². The maximum atomic E-state index is 13.3. The molecular formula is C9H8FNO2. The van der Waals surface area contributed by atoms with Crippen molar-refractivity contribution in [2.45, 2.75) is 12.5 Å². The number of anilines is 1. The Morgan fingerprint density at radius 1 is 1.54 bits per heavy atom. The van der Waals surface area contributed by atoms with Gasteiger partial charge >= 0.3 is 5.97 Å². The number of hydrogen-bond donors (Lipinski definition) is 1. The molecule has 0 spiro atoms. The Labute approximate surface area is 74.3 Å². The van der Waals surface area contributed by atoms with Crippen LogP contribution >= 0.6 is 0 Å². The number of carbonyl (C=O) groups is 1. The number of carboxylic acids is 1. The van der Waals surface area contributed by atoms with Crippen LogP contribution in [0.5, 0.6) is 0 Å². The predicted octanol–water partition coefficient (Wildman–Crippen LogP) is 1.39. The standard InChI is InChI=1S/C9H8FNO2/c10-11-7-4-2-1-3-6(7)5-8(11)9(12)13/h1-4,8H,5H2,(H,12,13).